The molecule has 1 fully saturated rings. The van der Waals surface area contributed by atoms with Crippen molar-refractivity contribution >= 4 is 40.5 Å². The van der Waals surface area contributed by atoms with Crippen molar-refractivity contribution in [2.45, 2.75) is 12.8 Å². The highest BCUT2D eigenvalue weighted by atomic mass is 35.5. The molecule has 6 nitrogen and oxygen atoms in total. The average Bonchev–Trinajstić information content (AvgIpc) is 3.06. The third-order valence-corrected chi connectivity index (χ3v) is 4.39. The normalized spacial score (nSPS) is 13.4. The second-order valence-corrected chi connectivity index (χ2v) is 6.31. The average molecular weight is 369 g/mol. The van der Waals surface area contributed by atoms with Gasteiger partial charge in [0.25, 0.3) is 0 Å². The minimum absolute atomic E-state index is 0.0829. The van der Waals surface area contributed by atoms with Crippen molar-refractivity contribution in [3.8, 4) is 6.07 Å². The van der Waals surface area contributed by atoms with Gasteiger partial charge in [0.2, 0.25) is 11.8 Å². The van der Waals surface area contributed by atoms with Gasteiger partial charge in [-0.3, -0.25) is 9.59 Å². The Labute approximate surface area is 156 Å². The zero-order chi connectivity index (χ0) is 18.5. The molecule has 7 heteroatoms. The van der Waals surface area contributed by atoms with Crippen LogP contribution in [0.3, 0.4) is 0 Å². The molecule has 0 aliphatic carbocycles. The van der Waals surface area contributed by atoms with Crippen LogP contribution in [0.15, 0.2) is 42.5 Å². The smallest absolute Gasteiger partial charge is 0.243 e. The minimum atomic E-state index is -0.232. The van der Waals surface area contributed by atoms with Gasteiger partial charge in [0, 0.05) is 30.0 Å². The van der Waals surface area contributed by atoms with Crippen LogP contribution in [-0.4, -0.2) is 24.9 Å². The van der Waals surface area contributed by atoms with Crippen LogP contribution in [0.5, 0.6) is 0 Å². The Morgan fingerprint density at radius 3 is 2.54 bits per heavy atom. The van der Waals surface area contributed by atoms with E-state index < -0.39 is 0 Å². The Hall–Kier alpha value is -3.04. The molecule has 26 heavy (non-hydrogen) atoms. The SMILES string of the molecule is N#Cc1ccc(NC(=O)CNc2ccc(N3CCCC3=O)cc2)cc1Cl. The Kier molecular flexibility index (Phi) is 5.40. The maximum atomic E-state index is 12.0. The van der Waals surface area contributed by atoms with Gasteiger partial charge < -0.3 is 15.5 Å². The molecular formula is C19H17ClN4O2. The number of carbonyl (C=O) groups is 2. The van der Waals surface area contributed by atoms with Crippen LogP contribution in [0.25, 0.3) is 0 Å². The Morgan fingerprint density at radius 1 is 1.19 bits per heavy atom. The topological polar surface area (TPSA) is 85.2 Å². The molecule has 2 aromatic carbocycles. The first-order chi connectivity index (χ1) is 12.6. The molecule has 0 radical (unpaired) electrons. The lowest BCUT2D eigenvalue weighted by atomic mass is 10.2. The number of anilines is 3. The second kappa shape index (κ2) is 7.89. The van der Waals surface area contributed by atoms with Crippen LogP contribution in [0.2, 0.25) is 5.02 Å². The van der Waals surface area contributed by atoms with Gasteiger partial charge in [-0.2, -0.15) is 5.26 Å². The van der Waals surface area contributed by atoms with Gasteiger partial charge >= 0.3 is 0 Å². The molecule has 0 spiro atoms. The van der Waals surface area contributed by atoms with E-state index in [1.807, 2.05) is 30.3 Å². The first-order valence-corrected chi connectivity index (χ1v) is 8.58. The fourth-order valence-corrected chi connectivity index (χ4v) is 2.97. The van der Waals surface area contributed by atoms with E-state index in [1.54, 1.807) is 23.1 Å². The molecule has 2 N–H and O–H groups in total. The number of hydrogen-bond donors (Lipinski definition) is 2. The molecule has 2 aromatic rings. The lowest BCUT2D eigenvalue weighted by Gasteiger charge is -2.16. The predicted octanol–water partition coefficient (Wildman–Crippen LogP) is 3.39. The summed E-state index contributed by atoms with van der Waals surface area (Å²) in [5.41, 5.74) is 2.55. The number of hydrogen-bond acceptors (Lipinski definition) is 4. The summed E-state index contributed by atoms with van der Waals surface area (Å²) < 4.78 is 0. The van der Waals surface area contributed by atoms with E-state index in [2.05, 4.69) is 10.6 Å². The van der Waals surface area contributed by atoms with Gasteiger partial charge in [0.05, 0.1) is 17.1 Å². The van der Waals surface area contributed by atoms with Crippen LogP contribution >= 0.6 is 11.6 Å². The lowest BCUT2D eigenvalue weighted by molar-refractivity contribution is -0.117. The monoisotopic (exact) mass is 368 g/mol. The summed E-state index contributed by atoms with van der Waals surface area (Å²) in [6, 6.07) is 14.1. The summed E-state index contributed by atoms with van der Waals surface area (Å²) in [6.45, 7) is 0.834. The molecule has 132 valence electrons. The molecule has 0 atom stereocenters. The molecule has 1 aliphatic rings. The van der Waals surface area contributed by atoms with Crippen LogP contribution in [0, 0.1) is 11.3 Å². The quantitative estimate of drug-likeness (QED) is 0.847. The summed E-state index contributed by atoms with van der Waals surface area (Å²) in [6.07, 6.45) is 1.48. The van der Waals surface area contributed by atoms with Crippen molar-refractivity contribution < 1.29 is 9.59 Å². The molecule has 2 amide bonds. The van der Waals surface area contributed by atoms with Crippen molar-refractivity contribution in [2.75, 3.05) is 28.6 Å². The van der Waals surface area contributed by atoms with Crippen molar-refractivity contribution in [2.24, 2.45) is 0 Å². The van der Waals surface area contributed by atoms with Gasteiger partial charge in [-0.15, -0.1) is 0 Å². The van der Waals surface area contributed by atoms with E-state index in [4.69, 9.17) is 16.9 Å². The molecule has 0 aromatic heterocycles. The van der Waals surface area contributed by atoms with E-state index in [1.165, 1.54) is 0 Å². The van der Waals surface area contributed by atoms with Gasteiger partial charge in [0.1, 0.15) is 6.07 Å². The van der Waals surface area contributed by atoms with Crippen molar-refractivity contribution in [1.82, 2.24) is 0 Å². The maximum Gasteiger partial charge on any atom is 0.243 e. The van der Waals surface area contributed by atoms with Crippen molar-refractivity contribution in [1.29, 1.82) is 5.26 Å². The molecule has 1 saturated heterocycles. The first-order valence-electron chi connectivity index (χ1n) is 8.20. The van der Waals surface area contributed by atoms with Gasteiger partial charge in [-0.1, -0.05) is 11.6 Å². The number of nitriles is 1. The highest BCUT2D eigenvalue weighted by Gasteiger charge is 2.21. The standard InChI is InChI=1S/C19H17ClN4O2/c20-17-10-15(4-3-13(17)11-21)23-18(25)12-22-14-5-7-16(8-6-14)24-9-1-2-19(24)26/h3-8,10,22H,1-2,9,12H2,(H,23,25). The summed E-state index contributed by atoms with van der Waals surface area (Å²) in [4.78, 5) is 25.5. The van der Waals surface area contributed by atoms with Crippen LogP contribution in [0.4, 0.5) is 17.1 Å². The number of benzene rings is 2. The highest BCUT2D eigenvalue weighted by Crippen LogP contribution is 2.23. The third-order valence-electron chi connectivity index (χ3n) is 4.08. The van der Waals surface area contributed by atoms with E-state index in [0.29, 0.717) is 22.7 Å². The van der Waals surface area contributed by atoms with Crippen molar-refractivity contribution in [3.63, 3.8) is 0 Å². The Balaban J connectivity index is 1.53. The summed E-state index contributed by atoms with van der Waals surface area (Å²) in [5, 5.41) is 14.9. The number of rotatable bonds is 5. The van der Waals surface area contributed by atoms with E-state index in [0.717, 1.165) is 24.3 Å². The van der Waals surface area contributed by atoms with Gasteiger partial charge in [-0.05, 0) is 48.9 Å². The van der Waals surface area contributed by atoms with Crippen molar-refractivity contribution in [3.05, 3.63) is 53.1 Å². The lowest BCUT2D eigenvalue weighted by Crippen LogP contribution is -2.24. The fourth-order valence-electron chi connectivity index (χ4n) is 2.75. The highest BCUT2D eigenvalue weighted by molar-refractivity contribution is 6.32. The Morgan fingerprint density at radius 2 is 1.92 bits per heavy atom. The molecule has 0 unspecified atom stereocenters. The number of nitrogens with zero attached hydrogens (tertiary/aromatic N) is 2. The van der Waals surface area contributed by atoms with Crippen LogP contribution in [-0.2, 0) is 9.59 Å². The fraction of sp³-hybridized carbons (Fsp3) is 0.211. The zero-order valence-electron chi connectivity index (χ0n) is 14.0. The summed E-state index contributed by atoms with van der Waals surface area (Å²) in [7, 11) is 0. The summed E-state index contributed by atoms with van der Waals surface area (Å²) >= 11 is 5.95. The molecule has 0 saturated carbocycles. The number of nitrogens with one attached hydrogen (secondary N) is 2. The van der Waals surface area contributed by atoms with E-state index in [-0.39, 0.29) is 18.4 Å². The maximum absolute atomic E-state index is 12.0. The first kappa shape index (κ1) is 17.8. The molecule has 1 heterocycles. The van der Waals surface area contributed by atoms with Crippen LogP contribution in [0.1, 0.15) is 18.4 Å². The van der Waals surface area contributed by atoms with E-state index in [9.17, 15) is 9.59 Å². The predicted molar refractivity (Wildman–Crippen MR) is 101 cm³/mol. The van der Waals surface area contributed by atoms with Gasteiger partial charge in [0.15, 0.2) is 0 Å². The summed E-state index contributed by atoms with van der Waals surface area (Å²) in [5.74, 6) is -0.0873. The molecule has 0 bridgehead atoms. The zero-order valence-corrected chi connectivity index (χ0v) is 14.7. The number of amides is 2. The second-order valence-electron chi connectivity index (χ2n) is 5.90. The number of halogens is 1. The van der Waals surface area contributed by atoms with Crippen LogP contribution < -0.4 is 15.5 Å². The molecule has 3 rings (SSSR count). The minimum Gasteiger partial charge on any atom is -0.376 e. The largest absolute Gasteiger partial charge is 0.376 e. The molecular weight excluding hydrogens is 352 g/mol. The molecule has 1 aliphatic heterocycles. The number of carbonyl (C=O) groups excluding carboxylic acids is 2. The van der Waals surface area contributed by atoms with Gasteiger partial charge in [-0.25, -0.2) is 0 Å². The van der Waals surface area contributed by atoms with E-state index >= 15 is 0 Å². The third kappa shape index (κ3) is 4.13. The Bertz CT molecular complexity index is 874.